The predicted octanol–water partition coefficient (Wildman–Crippen LogP) is 3.79. The van der Waals surface area contributed by atoms with E-state index in [0.29, 0.717) is 16.4 Å². The molecule has 3 atom stereocenters. The summed E-state index contributed by atoms with van der Waals surface area (Å²) >= 11 is 6.02. The fraction of sp³-hybridized carbons (Fsp3) is 0.136. The van der Waals surface area contributed by atoms with E-state index < -0.39 is 18.1 Å². The second-order valence-electron chi connectivity index (χ2n) is 6.93. The van der Waals surface area contributed by atoms with Gasteiger partial charge in [-0.15, -0.1) is 0 Å². The highest BCUT2D eigenvalue weighted by Gasteiger charge is 2.60. The molecule has 0 N–H and O–H groups in total. The molecule has 6 nitrogen and oxygen atoms in total. The molecular formula is C22H16ClN3O3. The van der Waals surface area contributed by atoms with Gasteiger partial charge in [-0.1, -0.05) is 35.9 Å². The van der Waals surface area contributed by atoms with Gasteiger partial charge in [0.05, 0.1) is 17.4 Å². The Bertz CT molecular complexity index is 1060. The zero-order valence-electron chi connectivity index (χ0n) is 15.2. The van der Waals surface area contributed by atoms with Crippen LogP contribution in [-0.4, -0.2) is 22.9 Å². The monoisotopic (exact) mass is 405 g/mol. The minimum absolute atomic E-state index is 0.281. The van der Waals surface area contributed by atoms with Crippen molar-refractivity contribution in [3.63, 3.8) is 0 Å². The van der Waals surface area contributed by atoms with E-state index in [2.05, 4.69) is 4.98 Å². The van der Waals surface area contributed by atoms with Crippen LogP contribution in [0.25, 0.3) is 0 Å². The van der Waals surface area contributed by atoms with Crippen molar-refractivity contribution < 1.29 is 14.4 Å². The number of hydrogen-bond acceptors (Lipinski definition) is 5. The molecule has 0 spiro atoms. The van der Waals surface area contributed by atoms with Crippen molar-refractivity contribution >= 4 is 34.8 Å². The van der Waals surface area contributed by atoms with Gasteiger partial charge in [0.15, 0.2) is 6.10 Å². The van der Waals surface area contributed by atoms with Crippen LogP contribution in [0.4, 0.5) is 11.4 Å². The van der Waals surface area contributed by atoms with Crippen LogP contribution in [-0.2, 0) is 14.4 Å². The van der Waals surface area contributed by atoms with Crippen molar-refractivity contribution in [1.29, 1.82) is 0 Å². The van der Waals surface area contributed by atoms with E-state index in [9.17, 15) is 9.59 Å². The Kier molecular flexibility index (Phi) is 4.30. The van der Waals surface area contributed by atoms with Gasteiger partial charge in [0.2, 0.25) is 5.91 Å². The molecule has 1 aromatic heterocycles. The Morgan fingerprint density at radius 1 is 0.862 bits per heavy atom. The number of aromatic nitrogens is 1. The molecule has 2 fully saturated rings. The molecule has 0 radical (unpaired) electrons. The summed E-state index contributed by atoms with van der Waals surface area (Å²) in [7, 11) is 0. The average molecular weight is 406 g/mol. The van der Waals surface area contributed by atoms with Crippen molar-refractivity contribution in [2.75, 3.05) is 9.96 Å². The molecule has 0 saturated carbocycles. The van der Waals surface area contributed by atoms with Gasteiger partial charge in [-0.3, -0.25) is 19.4 Å². The standard InChI is InChI=1S/C22H16ClN3O3/c23-15-8-10-17(11-9-15)26-19(14-5-4-12-24-13-14)18-20(29-26)22(28)25(21(18)27)16-6-2-1-3-7-16/h1-13,18-20H/t18-,19-,20-/m1/s1. The summed E-state index contributed by atoms with van der Waals surface area (Å²) in [4.78, 5) is 38.0. The number of rotatable bonds is 3. The van der Waals surface area contributed by atoms with E-state index in [4.69, 9.17) is 16.4 Å². The molecule has 144 valence electrons. The van der Waals surface area contributed by atoms with Crippen LogP contribution in [0.5, 0.6) is 0 Å². The minimum atomic E-state index is -0.899. The summed E-state index contributed by atoms with van der Waals surface area (Å²) in [5, 5.41) is 2.22. The van der Waals surface area contributed by atoms with Crippen LogP contribution in [0.3, 0.4) is 0 Å². The Hall–Kier alpha value is -3.22. The summed E-state index contributed by atoms with van der Waals surface area (Å²) in [6.45, 7) is 0. The largest absolute Gasteiger partial charge is 0.273 e. The first-order chi connectivity index (χ1) is 14.1. The Morgan fingerprint density at radius 2 is 1.62 bits per heavy atom. The highest BCUT2D eigenvalue weighted by molar-refractivity contribution is 6.30. The lowest BCUT2D eigenvalue weighted by molar-refractivity contribution is -0.126. The number of benzene rings is 2. The number of nitrogens with zero attached hydrogens (tertiary/aromatic N) is 3. The minimum Gasteiger partial charge on any atom is -0.273 e. The Morgan fingerprint density at radius 3 is 2.31 bits per heavy atom. The highest BCUT2D eigenvalue weighted by atomic mass is 35.5. The van der Waals surface area contributed by atoms with Gasteiger partial charge in [0, 0.05) is 17.4 Å². The van der Waals surface area contributed by atoms with Crippen molar-refractivity contribution in [1.82, 2.24) is 4.98 Å². The van der Waals surface area contributed by atoms with E-state index >= 15 is 0 Å². The van der Waals surface area contributed by atoms with E-state index in [1.165, 1.54) is 4.90 Å². The quantitative estimate of drug-likeness (QED) is 0.620. The van der Waals surface area contributed by atoms with Gasteiger partial charge in [-0.2, -0.15) is 0 Å². The number of fused-ring (bicyclic) bond motifs is 1. The molecular weight excluding hydrogens is 390 g/mol. The van der Waals surface area contributed by atoms with Crippen LogP contribution >= 0.6 is 11.6 Å². The SMILES string of the molecule is O=C1[C@@H]2[C@@H](c3cccnc3)N(c3ccc(Cl)cc3)O[C@H]2C(=O)N1c1ccccc1. The van der Waals surface area contributed by atoms with Crippen LogP contribution < -0.4 is 9.96 Å². The van der Waals surface area contributed by atoms with E-state index in [0.717, 1.165) is 5.56 Å². The number of amides is 2. The lowest BCUT2D eigenvalue weighted by atomic mass is 9.91. The molecule has 3 heterocycles. The Balaban J connectivity index is 1.58. The number of imide groups is 1. The number of halogens is 1. The normalized spacial score (nSPS) is 23.6. The summed E-state index contributed by atoms with van der Waals surface area (Å²) in [6.07, 6.45) is 2.47. The molecule has 0 aliphatic carbocycles. The first-order valence-electron chi connectivity index (χ1n) is 9.19. The number of carbonyl (C=O) groups excluding carboxylic acids is 2. The summed E-state index contributed by atoms with van der Waals surface area (Å²) in [5.41, 5.74) is 2.05. The number of carbonyl (C=O) groups is 2. The van der Waals surface area contributed by atoms with Gasteiger partial charge in [0.1, 0.15) is 5.92 Å². The third-order valence-corrected chi connectivity index (χ3v) is 5.49. The van der Waals surface area contributed by atoms with Crippen molar-refractivity contribution in [2.45, 2.75) is 12.1 Å². The second kappa shape index (κ2) is 6.99. The Labute approximate surface area is 172 Å². The van der Waals surface area contributed by atoms with Crippen molar-refractivity contribution in [3.8, 4) is 0 Å². The fourth-order valence-corrected chi connectivity index (χ4v) is 4.07. The molecule has 5 rings (SSSR count). The predicted molar refractivity (Wildman–Crippen MR) is 108 cm³/mol. The number of pyridine rings is 1. The molecule has 7 heteroatoms. The second-order valence-corrected chi connectivity index (χ2v) is 7.37. The molecule has 3 aromatic rings. The fourth-order valence-electron chi connectivity index (χ4n) is 3.95. The molecule has 2 amide bonds. The van der Waals surface area contributed by atoms with Crippen molar-refractivity contribution in [3.05, 3.63) is 89.7 Å². The number of para-hydroxylation sites is 1. The molecule has 2 aliphatic heterocycles. The third kappa shape index (κ3) is 2.88. The molecule has 0 unspecified atom stereocenters. The van der Waals surface area contributed by atoms with E-state index in [1.54, 1.807) is 72.1 Å². The van der Waals surface area contributed by atoms with Gasteiger partial charge in [0.25, 0.3) is 5.91 Å². The first kappa shape index (κ1) is 17.8. The summed E-state index contributed by atoms with van der Waals surface area (Å²) in [6, 6.07) is 19.2. The zero-order chi connectivity index (χ0) is 20.0. The molecule has 2 aromatic carbocycles. The maximum atomic E-state index is 13.4. The molecule has 2 aliphatic rings. The topological polar surface area (TPSA) is 62.7 Å². The van der Waals surface area contributed by atoms with Gasteiger partial charge < -0.3 is 0 Å². The first-order valence-corrected chi connectivity index (χ1v) is 9.57. The maximum absolute atomic E-state index is 13.4. The van der Waals surface area contributed by atoms with Gasteiger partial charge in [-0.25, -0.2) is 9.96 Å². The summed E-state index contributed by atoms with van der Waals surface area (Å²) < 4.78 is 0. The zero-order valence-corrected chi connectivity index (χ0v) is 15.9. The van der Waals surface area contributed by atoms with Crippen LogP contribution in [0.2, 0.25) is 5.02 Å². The maximum Gasteiger partial charge on any atom is 0.266 e. The van der Waals surface area contributed by atoms with Gasteiger partial charge in [-0.05, 0) is 48.0 Å². The number of hydrogen-bond donors (Lipinski definition) is 0. The lowest BCUT2D eigenvalue weighted by Gasteiger charge is -2.28. The number of anilines is 2. The third-order valence-electron chi connectivity index (χ3n) is 5.24. The molecule has 0 bridgehead atoms. The smallest absolute Gasteiger partial charge is 0.266 e. The highest BCUT2D eigenvalue weighted by Crippen LogP contribution is 2.47. The molecule has 29 heavy (non-hydrogen) atoms. The van der Waals surface area contributed by atoms with E-state index in [-0.39, 0.29) is 11.8 Å². The summed E-state index contributed by atoms with van der Waals surface area (Å²) in [5.74, 6) is -1.32. The van der Waals surface area contributed by atoms with Gasteiger partial charge >= 0.3 is 0 Å². The van der Waals surface area contributed by atoms with Crippen molar-refractivity contribution in [2.24, 2.45) is 5.92 Å². The van der Waals surface area contributed by atoms with Crippen LogP contribution in [0.15, 0.2) is 79.1 Å². The number of hydroxylamine groups is 1. The average Bonchev–Trinajstić information content (AvgIpc) is 3.26. The van der Waals surface area contributed by atoms with Crippen LogP contribution in [0.1, 0.15) is 11.6 Å². The van der Waals surface area contributed by atoms with E-state index in [1.807, 2.05) is 12.1 Å². The van der Waals surface area contributed by atoms with Crippen LogP contribution in [0, 0.1) is 5.92 Å². The lowest BCUT2D eigenvalue weighted by Crippen LogP contribution is -2.37. The molecule has 2 saturated heterocycles.